The summed E-state index contributed by atoms with van der Waals surface area (Å²) in [4.78, 5) is 23.6. The molecule has 112 valence electrons. The molecule has 2 aromatic rings. The summed E-state index contributed by atoms with van der Waals surface area (Å²) >= 11 is 0. The molecule has 1 aromatic heterocycles. The Kier molecular flexibility index (Phi) is 4.31. The van der Waals surface area contributed by atoms with Gasteiger partial charge in [-0.05, 0) is 23.6 Å². The zero-order chi connectivity index (χ0) is 15.6. The Balaban J connectivity index is 2.23. The summed E-state index contributed by atoms with van der Waals surface area (Å²) in [6.07, 6.45) is 0. The average molecular weight is 287 g/mol. The first kappa shape index (κ1) is 15.1. The lowest BCUT2D eigenvalue weighted by Crippen LogP contribution is -2.38. The summed E-state index contributed by atoms with van der Waals surface area (Å²) in [5.41, 5.74) is 2.30. The van der Waals surface area contributed by atoms with E-state index >= 15 is 0 Å². The van der Waals surface area contributed by atoms with Crippen LogP contribution in [0.3, 0.4) is 0 Å². The van der Waals surface area contributed by atoms with Gasteiger partial charge >= 0.3 is 5.69 Å². The van der Waals surface area contributed by atoms with Crippen LogP contribution in [0.15, 0.2) is 39.9 Å². The van der Waals surface area contributed by atoms with Gasteiger partial charge in [0.15, 0.2) is 0 Å². The first-order chi connectivity index (χ1) is 9.90. The van der Waals surface area contributed by atoms with E-state index in [1.54, 1.807) is 7.05 Å². The molecule has 0 amide bonds. The fourth-order valence-corrected chi connectivity index (χ4v) is 2.15. The molecular weight excluding hydrogens is 266 g/mol. The minimum Gasteiger partial charge on any atom is -0.379 e. The Bertz CT molecular complexity index is 757. The van der Waals surface area contributed by atoms with Crippen LogP contribution in [0, 0.1) is 0 Å². The van der Waals surface area contributed by atoms with Crippen LogP contribution in [0.5, 0.6) is 0 Å². The van der Waals surface area contributed by atoms with Crippen LogP contribution in [0.25, 0.3) is 0 Å². The third-order valence-corrected chi connectivity index (χ3v) is 3.65. The Morgan fingerprint density at radius 1 is 1.10 bits per heavy atom. The molecule has 0 unspecified atom stereocenters. The van der Waals surface area contributed by atoms with Gasteiger partial charge in [0.1, 0.15) is 0 Å². The molecule has 0 aliphatic rings. The van der Waals surface area contributed by atoms with Crippen LogP contribution in [-0.4, -0.2) is 9.13 Å². The summed E-state index contributed by atoms with van der Waals surface area (Å²) in [6, 6.07) is 9.64. The van der Waals surface area contributed by atoms with Crippen LogP contribution in [0.4, 0.5) is 5.69 Å². The van der Waals surface area contributed by atoms with Crippen molar-refractivity contribution in [3.63, 3.8) is 0 Å². The van der Waals surface area contributed by atoms with Gasteiger partial charge in [-0.3, -0.25) is 13.9 Å². The van der Waals surface area contributed by atoms with Crippen molar-refractivity contribution in [2.75, 3.05) is 5.32 Å². The smallest absolute Gasteiger partial charge is 0.330 e. The molecule has 2 rings (SSSR count). The summed E-state index contributed by atoms with van der Waals surface area (Å²) in [5.74, 6) is 0.458. The lowest BCUT2D eigenvalue weighted by atomic mass is 10.0. The summed E-state index contributed by atoms with van der Waals surface area (Å²) in [6.45, 7) is 4.72. The van der Waals surface area contributed by atoms with E-state index < -0.39 is 0 Å². The predicted molar refractivity (Wildman–Crippen MR) is 84.8 cm³/mol. The Morgan fingerprint density at radius 2 is 1.81 bits per heavy atom. The Morgan fingerprint density at radius 3 is 2.48 bits per heavy atom. The van der Waals surface area contributed by atoms with Crippen molar-refractivity contribution >= 4 is 5.69 Å². The van der Waals surface area contributed by atoms with Crippen molar-refractivity contribution in [1.29, 1.82) is 0 Å². The molecule has 21 heavy (non-hydrogen) atoms. The molecule has 0 saturated heterocycles. The van der Waals surface area contributed by atoms with E-state index in [0.717, 1.165) is 10.3 Å². The number of hydrogen-bond acceptors (Lipinski definition) is 3. The highest BCUT2D eigenvalue weighted by Crippen LogP contribution is 2.18. The van der Waals surface area contributed by atoms with Crippen molar-refractivity contribution in [3.8, 4) is 0 Å². The largest absolute Gasteiger partial charge is 0.379 e. The van der Waals surface area contributed by atoms with Gasteiger partial charge in [0, 0.05) is 31.5 Å². The maximum Gasteiger partial charge on any atom is 0.330 e. The van der Waals surface area contributed by atoms with Crippen molar-refractivity contribution < 1.29 is 0 Å². The monoisotopic (exact) mass is 287 g/mol. The van der Waals surface area contributed by atoms with Gasteiger partial charge < -0.3 is 5.32 Å². The minimum absolute atomic E-state index is 0.286. The Labute approximate surface area is 123 Å². The molecule has 5 nitrogen and oxygen atoms in total. The number of rotatable bonds is 4. The Hall–Kier alpha value is -2.30. The molecular formula is C16H21N3O2. The first-order valence-corrected chi connectivity index (χ1v) is 7.00. The second-order valence-electron chi connectivity index (χ2n) is 5.51. The van der Waals surface area contributed by atoms with Gasteiger partial charge in [-0.1, -0.05) is 26.0 Å². The maximum atomic E-state index is 11.9. The highest BCUT2D eigenvalue weighted by atomic mass is 16.2. The topological polar surface area (TPSA) is 56.0 Å². The predicted octanol–water partition coefficient (Wildman–Crippen LogP) is 1.82. The second kappa shape index (κ2) is 5.99. The van der Waals surface area contributed by atoms with E-state index in [-0.39, 0.29) is 11.2 Å². The molecule has 1 aromatic carbocycles. The van der Waals surface area contributed by atoms with Crippen LogP contribution in [-0.2, 0) is 20.6 Å². The average Bonchev–Trinajstić information content (AvgIpc) is 2.47. The number of benzene rings is 1. The van der Waals surface area contributed by atoms with Gasteiger partial charge in [0.05, 0.1) is 6.54 Å². The molecule has 0 bridgehead atoms. The molecule has 0 aliphatic carbocycles. The molecule has 0 fully saturated rings. The van der Waals surface area contributed by atoms with Crippen LogP contribution >= 0.6 is 0 Å². The van der Waals surface area contributed by atoms with E-state index in [2.05, 4.69) is 31.3 Å². The zero-order valence-electron chi connectivity index (χ0n) is 12.9. The lowest BCUT2D eigenvalue weighted by Gasteiger charge is -2.13. The van der Waals surface area contributed by atoms with Crippen molar-refractivity contribution in [2.24, 2.45) is 14.1 Å². The van der Waals surface area contributed by atoms with Gasteiger partial charge in [0.25, 0.3) is 5.56 Å². The fraction of sp³-hybridized carbons (Fsp3) is 0.375. The number of nitrogens with one attached hydrogen (secondary N) is 1. The standard InChI is InChI=1S/C16H21N3O2/c1-11(2)12-6-5-7-13(8-12)17-10-14-9-15(20)19(4)16(21)18(14)3/h5-9,11,17H,10H2,1-4H3. The third-order valence-electron chi connectivity index (χ3n) is 3.65. The fourth-order valence-electron chi connectivity index (χ4n) is 2.15. The van der Waals surface area contributed by atoms with Gasteiger partial charge in [-0.15, -0.1) is 0 Å². The van der Waals surface area contributed by atoms with E-state index in [9.17, 15) is 9.59 Å². The van der Waals surface area contributed by atoms with Crippen molar-refractivity contribution in [2.45, 2.75) is 26.3 Å². The highest BCUT2D eigenvalue weighted by Gasteiger charge is 2.06. The lowest BCUT2D eigenvalue weighted by molar-refractivity contribution is 0.655. The normalized spacial score (nSPS) is 10.9. The number of aromatic nitrogens is 2. The molecule has 0 saturated carbocycles. The molecule has 0 aliphatic heterocycles. The van der Waals surface area contributed by atoms with Crippen LogP contribution < -0.4 is 16.6 Å². The third kappa shape index (κ3) is 3.24. The van der Waals surface area contributed by atoms with E-state index in [1.807, 2.05) is 12.1 Å². The van der Waals surface area contributed by atoms with Gasteiger partial charge in [-0.25, -0.2) is 4.79 Å². The zero-order valence-corrected chi connectivity index (χ0v) is 12.9. The molecule has 1 heterocycles. The number of hydrogen-bond donors (Lipinski definition) is 1. The molecule has 5 heteroatoms. The summed E-state index contributed by atoms with van der Waals surface area (Å²) in [7, 11) is 3.15. The van der Waals surface area contributed by atoms with Crippen LogP contribution in [0.1, 0.15) is 31.0 Å². The molecule has 0 spiro atoms. The maximum absolute atomic E-state index is 11.9. The van der Waals surface area contributed by atoms with Crippen molar-refractivity contribution in [1.82, 2.24) is 9.13 Å². The number of anilines is 1. The quantitative estimate of drug-likeness (QED) is 0.933. The highest BCUT2D eigenvalue weighted by molar-refractivity contribution is 5.46. The first-order valence-electron chi connectivity index (χ1n) is 7.00. The SMILES string of the molecule is CC(C)c1cccc(NCc2cc(=O)n(C)c(=O)n2C)c1. The van der Waals surface area contributed by atoms with E-state index in [0.29, 0.717) is 18.2 Å². The molecule has 0 atom stereocenters. The minimum atomic E-state index is -0.310. The van der Waals surface area contributed by atoms with Crippen LogP contribution in [0.2, 0.25) is 0 Å². The van der Waals surface area contributed by atoms with E-state index in [1.165, 1.54) is 23.2 Å². The van der Waals surface area contributed by atoms with Gasteiger partial charge in [-0.2, -0.15) is 0 Å². The molecule has 1 N–H and O–H groups in total. The van der Waals surface area contributed by atoms with Gasteiger partial charge in [0.2, 0.25) is 0 Å². The van der Waals surface area contributed by atoms with E-state index in [4.69, 9.17) is 0 Å². The molecule has 0 radical (unpaired) electrons. The second-order valence-corrected chi connectivity index (χ2v) is 5.51. The summed E-state index contributed by atoms with van der Waals surface area (Å²) in [5, 5.41) is 3.26. The van der Waals surface area contributed by atoms with Crippen molar-refractivity contribution in [3.05, 3.63) is 62.4 Å². The number of nitrogens with zero attached hydrogens (tertiary/aromatic N) is 2. The summed E-state index contributed by atoms with van der Waals surface area (Å²) < 4.78 is 2.59.